The van der Waals surface area contributed by atoms with Crippen molar-refractivity contribution in [1.29, 1.82) is 0 Å². The molecule has 7 heteroatoms. The lowest BCUT2D eigenvalue weighted by molar-refractivity contribution is -0.140. The monoisotopic (exact) mass is 287 g/mol. The molecule has 2 N–H and O–H groups in total. The van der Waals surface area contributed by atoms with E-state index in [1.807, 2.05) is 0 Å². The number of aromatic hydroxyl groups is 1. The first-order valence-electron chi connectivity index (χ1n) is 5.75. The maximum Gasteiger partial charge on any atom is 0.305 e. The van der Waals surface area contributed by atoms with Gasteiger partial charge in [0.2, 0.25) is 10.0 Å². The number of methoxy groups -OCH3 is 1. The standard InChI is InChI=1S/C12H17NO5S/c1-18-12(15)3-2-8-19(16,17)13-9-10-4-6-11(14)7-5-10/h4-7,13-14H,2-3,8-9H2,1H3. The molecule has 6 nitrogen and oxygen atoms in total. The molecule has 0 heterocycles. The molecule has 19 heavy (non-hydrogen) atoms. The van der Waals surface area contributed by atoms with Crippen LogP contribution in [0, 0.1) is 0 Å². The minimum Gasteiger partial charge on any atom is -0.508 e. The first kappa shape index (κ1) is 15.5. The van der Waals surface area contributed by atoms with Crippen molar-refractivity contribution in [2.24, 2.45) is 0 Å². The maximum absolute atomic E-state index is 11.6. The molecular weight excluding hydrogens is 270 g/mol. The van der Waals surface area contributed by atoms with Crippen molar-refractivity contribution in [2.75, 3.05) is 12.9 Å². The van der Waals surface area contributed by atoms with E-state index in [1.54, 1.807) is 12.1 Å². The van der Waals surface area contributed by atoms with E-state index >= 15 is 0 Å². The van der Waals surface area contributed by atoms with Gasteiger partial charge in [-0.15, -0.1) is 0 Å². The van der Waals surface area contributed by atoms with Gasteiger partial charge in [-0.3, -0.25) is 4.79 Å². The van der Waals surface area contributed by atoms with Gasteiger partial charge in [0.25, 0.3) is 0 Å². The summed E-state index contributed by atoms with van der Waals surface area (Å²) in [7, 11) is -2.15. The molecule has 0 aliphatic rings. The lowest BCUT2D eigenvalue weighted by Gasteiger charge is -2.06. The number of ether oxygens (including phenoxy) is 1. The number of esters is 1. The summed E-state index contributed by atoms with van der Waals surface area (Å²) in [6, 6.07) is 6.24. The first-order valence-corrected chi connectivity index (χ1v) is 7.40. The number of phenolic OH excluding ortho intramolecular Hbond substituents is 1. The Morgan fingerprint density at radius 1 is 1.32 bits per heavy atom. The summed E-state index contributed by atoms with van der Waals surface area (Å²) in [5, 5.41) is 9.09. The summed E-state index contributed by atoms with van der Waals surface area (Å²) in [4.78, 5) is 10.8. The highest BCUT2D eigenvalue weighted by atomic mass is 32.2. The number of benzene rings is 1. The zero-order chi connectivity index (χ0) is 14.3. The number of hydrogen-bond donors (Lipinski definition) is 2. The Morgan fingerprint density at radius 3 is 2.53 bits per heavy atom. The smallest absolute Gasteiger partial charge is 0.305 e. The quantitative estimate of drug-likeness (QED) is 0.722. The van der Waals surface area contributed by atoms with Crippen molar-refractivity contribution in [3.8, 4) is 5.75 Å². The highest BCUT2D eigenvalue weighted by Gasteiger charge is 2.11. The maximum atomic E-state index is 11.6. The third kappa shape index (κ3) is 6.21. The summed E-state index contributed by atoms with van der Waals surface area (Å²) < 4.78 is 30.1. The molecular formula is C12H17NO5S. The SMILES string of the molecule is COC(=O)CCCS(=O)(=O)NCc1ccc(O)cc1. The first-order chi connectivity index (χ1) is 8.93. The van der Waals surface area contributed by atoms with Crippen LogP contribution in [-0.4, -0.2) is 32.4 Å². The van der Waals surface area contributed by atoms with Gasteiger partial charge in [0.15, 0.2) is 0 Å². The average Bonchev–Trinajstić information content (AvgIpc) is 2.38. The van der Waals surface area contributed by atoms with E-state index in [9.17, 15) is 13.2 Å². The van der Waals surface area contributed by atoms with Gasteiger partial charge in [0, 0.05) is 13.0 Å². The zero-order valence-corrected chi connectivity index (χ0v) is 11.4. The molecule has 0 aliphatic carbocycles. The van der Waals surface area contributed by atoms with Gasteiger partial charge in [0.1, 0.15) is 5.75 Å². The van der Waals surface area contributed by atoms with Crippen LogP contribution in [0.25, 0.3) is 0 Å². The topological polar surface area (TPSA) is 92.7 Å². The second-order valence-corrected chi connectivity index (χ2v) is 5.91. The van der Waals surface area contributed by atoms with E-state index in [1.165, 1.54) is 19.2 Å². The van der Waals surface area contributed by atoms with Crippen LogP contribution in [-0.2, 0) is 26.1 Å². The fraction of sp³-hybridized carbons (Fsp3) is 0.417. The van der Waals surface area contributed by atoms with Gasteiger partial charge in [0.05, 0.1) is 12.9 Å². The number of hydrogen-bond acceptors (Lipinski definition) is 5. The van der Waals surface area contributed by atoms with E-state index < -0.39 is 16.0 Å². The van der Waals surface area contributed by atoms with Gasteiger partial charge in [-0.05, 0) is 24.1 Å². The molecule has 1 aromatic carbocycles. The number of carbonyl (C=O) groups excluding carboxylic acids is 1. The van der Waals surface area contributed by atoms with Crippen LogP contribution in [0.2, 0.25) is 0 Å². The Kier molecular flexibility index (Phi) is 5.78. The molecule has 0 saturated carbocycles. The Hall–Kier alpha value is -1.60. The van der Waals surface area contributed by atoms with E-state index in [2.05, 4.69) is 9.46 Å². The van der Waals surface area contributed by atoms with E-state index in [4.69, 9.17) is 5.11 Å². The van der Waals surface area contributed by atoms with E-state index in [0.717, 1.165) is 5.56 Å². The van der Waals surface area contributed by atoms with Crippen molar-refractivity contribution in [3.63, 3.8) is 0 Å². The normalized spacial score (nSPS) is 11.2. The zero-order valence-electron chi connectivity index (χ0n) is 10.6. The van der Waals surface area contributed by atoms with Gasteiger partial charge in [-0.2, -0.15) is 0 Å². The summed E-state index contributed by atoms with van der Waals surface area (Å²) in [6.07, 6.45) is 0.300. The van der Waals surface area contributed by atoms with Gasteiger partial charge < -0.3 is 9.84 Å². The third-order valence-corrected chi connectivity index (χ3v) is 3.86. The van der Waals surface area contributed by atoms with Gasteiger partial charge in [-0.1, -0.05) is 12.1 Å². The van der Waals surface area contributed by atoms with Crippen molar-refractivity contribution in [2.45, 2.75) is 19.4 Å². The molecule has 0 radical (unpaired) electrons. The molecule has 0 bridgehead atoms. The fourth-order valence-corrected chi connectivity index (χ4v) is 2.44. The predicted molar refractivity (Wildman–Crippen MR) is 70.0 cm³/mol. The van der Waals surface area contributed by atoms with Crippen molar-refractivity contribution in [1.82, 2.24) is 4.72 Å². The number of phenols is 1. The molecule has 0 saturated heterocycles. The van der Waals surface area contributed by atoms with Gasteiger partial charge >= 0.3 is 5.97 Å². The van der Waals surface area contributed by atoms with Crippen LogP contribution < -0.4 is 4.72 Å². The molecule has 0 fully saturated rings. The minimum absolute atomic E-state index is 0.0800. The average molecular weight is 287 g/mol. The van der Waals surface area contributed by atoms with Crippen molar-refractivity contribution < 1.29 is 23.1 Å². The van der Waals surface area contributed by atoms with Crippen LogP contribution >= 0.6 is 0 Å². The minimum atomic E-state index is -3.41. The Morgan fingerprint density at radius 2 is 1.95 bits per heavy atom. The highest BCUT2D eigenvalue weighted by Crippen LogP contribution is 2.09. The Balaban J connectivity index is 2.38. The summed E-state index contributed by atoms with van der Waals surface area (Å²) >= 11 is 0. The van der Waals surface area contributed by atoms with Crippen LogP contribution in [0.5, 0.6) is 5.75 Å². The molecule has 1 aromatic rings. The lowest BCUT2D eigenvalue weighted by atomic mass is 10.2. The molecule has 0 unspecified atom stereocenters. The van der Waals surface area contributed by atoms with Crippen LogP contribution in [0.15, 0.2) is 24.3 Å². The van der Waals surface area contributed by atoms with Crippen molar-refractivity contribution in [3.05, 3.63) is 29.8 Å². The van der Waals surface area contributed by atoms with Crippen LogP contribution in [0.1, 0.15) is 18.4 Å². The predicted octanol–water partition coefficient (Wildman–Crippen LogP) is 0.765. The van der Waals surface area contributed by atoms with Crippen LogP contribution in [0.3, 0.4) is 0 Å². The largest absolute Gasteiger partial charge is 0.508 e. The molecule has 0 aromatic heterocycles. The molecule has 0 amide bonds. The van der Waals surface area contributed by atoms with Gasteiger partial charge in [-0.25, -0.2) is 13.1 Å². The molecule has 106 valence electrons. The fourth-order valence-electron chi connectivity index (χ4n) is 1.39. The van der Waals surface area contributed by atoms with E-state index in [-0.39, 0.29) is 30.9 Å². The number of rotatable bonds is 7. The molecule has 0 aliphatic heterocycles. The Bertz CT molecular complexity index is 509. The van der Waals surface area contributed by atoms with Crippen molar-refractivity contribution >= 4 is 16.0 Å². The second kappa shape index (κ2) is 7.10. The van der Waals surface area contributed by atoms with Crippen LogP contribution in [0.4, 0.5) is 0 Å². The third-order valence-electron chi connectivity index (χ3n) is 2.45. The summed E-state index contributed by atoms with van der Waals surface area (Å²) in [5.74, 6) is -0.418. The van der Waals surface area contributed by atoms with E-state index in [0.29, 0.717) is 0 Å². The molecule has 1 rings (SSSR count). The highest BCUT2D eigenvalue weighted by molar-refractivity contribution is 7.89. The summed E-state index contributed by atoms with van der Waals surface area (Å²) in [6.45, 7) is 0.154. The molecule has 0 spiro atoms. The number of sulfonamides is 1. The molecule has 0 atom stereocenters. The Labute approximate surface area is 112 Å². The second-order valence-electron chi connectivity index (χ2n) is 3.99. The number of carbonyl (C=O) groups is 1. The lowest BCUT2D eigenvalue weighted by Crippen LogP contribution is -2.26. The number of nitrogens with one attached hydrogen (secondary N) is 1. The summed E-state index contributed by atoms with van der Waals surface area (Å²) in [5.41, 5.74) is 0.745.